The van der Waals surface area contributed by atoms with Gasteiger partial charge in [-0.05, 0) is 38.0 Å². The van der Waals surface area contributed by atoms with Crippen molar-refractivity contribution in [3.8, 4) is 0 Å². The summed E-state index contributed by atoms with van der Waals surface area (Å²) in [5.41, 5.74) is 0. The van der Waals surface area contributed by atoms with Gasteiger partial charge in [-0.3, -0.25) is 4.90 Å². The predicted molar refractivity (Wildman–Crippen MR) is 78.9 cm³/mol. The minimum Gasteiger partial charge on any atom is -0.311 e. The lowest BCUT2D eigenvalue weighted by Gasteiger charge is -2.41. The van der Waals surface area contributed by atoms with E-state index < -0.39 is 0 Å². The predicted octanol–water partition coefficient (Wildman–Crippen LogP) is 3.28. The molecule has 2 aliphatic rings. The Kier molecular flexibility index (Phi) is 5.50. The number of nitrogens with zero attached hydrogens (tertiary/aromatic N) is 1. The van der Waals surface area contributed by atoms with Crippen molar-refractivity contribution in [1.29, 1.82) is 0 Å². The van der Waals surface area contributed by atoms with Crippen molar-refractivity contribution < 1.29 is 0 Å². The lowest BCUT2D eigenvalue weighted by atomic mass is 9.96. The third-order valence-corrected chi connectivity index (χ3v) is 4.85. The van der Waals surface area contributed by atoms with Crippen LogP contribution in [0.1, 0.15) is 59.3 Å². The van der Waals surface area contributed by atoms with Gasteiger partial charge in [0.25, 0.3) is 0 Å². The lowest BCUT2D eigenvalue weighted by Crippen LogP contribution is -2.57. The highest BCUT2D eigenvalue weighted by atomic mass is 15.2. The zero-order valence-corrected chi connectivity index (χ0v) is 12.6. The molecule has 0 bridgehead atoms. The summed E-state index contributed by atoms with van der Waals surface area (Å²) in [6.45, 7) is 10.9. The van der Waals surface area contributed by atoms with Crippen molar-refractivity contribution in [2.24, 2.45) is 11.8 Å². The molecule has 2 rings (SSSR count). The first-order valence-corrected chi connectivity index (χ1v) is 8.22. The van der Waals surface area contributed by atoms with Crippen LogP contribution in [0.25, 0.3) is 0 Å². The van der Waals surface area contributed by atoms with Crippen LogP contribution in [-0.2, 0) is 0 Å². The van der Waals surface area contributed by atoms with E-state index in [1.807, 2.05) is 0 Å². The third kappa shape index (κ3) is 3.96. The minimum atomic E-state index is 0.684. The smallest absolute Gasteiger partial charge is 0.0249 e. The molecule has 1 aliphatic carbocycles. The van der Waals surface area contributed by atoms with Gasteiger partial charge in [-0.25, -0.2) is 0 Å². The van der Waals surface area contributed by atoms with Crippen molar-refractivity contribution in [2.75, 3.05) is 19.6 Å². The van der Waals surface area contributed by atoms with Crippen molar-refractivity contribution in [3.05, 3.63) is 0 Å². The summed E-state index contributed by atoms with van der Waals surface area (Å²) in [6, 6.07) is 1.53. The Morgan fingerprint density at radius 3 is 2.67 bits per heavy atom. The summed E-state index contributed by atoms with van der Waals surface area (Å²) < 4.78 is 0. The van der Waals surface area contributed by atoms with E-state index in [0.717, 1.165) is 17.9 Å². The highest BCUT2D eigenvalue weighted by Gasteiger charge is 2.38. The fourth-order valence-corrected chi connectivity index (χ4v) is 3.41. The summed E-state index contributed by atoms with van der Waals surface area (Å²) in [5.74, 6) is 1.94. The van der Waals surface area contributed by atoms with Crippen LogP contribution in [0, 0.1) is 11.8 Å². The standard InChI is InChI=1S/C16H32N2/c1-4-6-7-14(5-2)12-18-11-13(3)17-10-16(18)15-8-9-15/h13-17H,4-12H2,1-3H3. The van der Waals surface area contributed by atoms with Crippen LogP contribution in [0.4, 0.5) is 0 Å². The molecule has 1 saturated heterocycles. The van der Waals surface area contributed by atoms with Gasteiger partial charge in [0.15, 0.2) is 0 Å². The van der Waals surface area contributed by atoms with Gasteiger partial charge in [-0.15, -0.1) is 0 Å². The van der Waals surface area contributed by atoms with E-state index >= 15 is 0 Å². The molecule has 2 heteroatoms. The zero-order valence-electron chi connectivity index (χ0n) is 12.6. The summed E-state index contributed by atoms with van der Waals surface area (Å²) >= 11 is 0. The van der Waals surface area contributed by atoms with Crippen LogP contribution in [0.3, 0.4) is 0 Å². The van der Waals surface area contributed by atoms with Gasteiger partial charge < -0.3 is 5.32 Å². The monoisotopic (exact) mass is 252 g/mol. The summed E-state index contributed by atoms with van der Waals surface area (Å²) in [5, 5.41) is 3.68. The molecule has 3 unspecified atom stereocenters. The number of unbranched alkanes of at least 4 members (excludes halogenated alkanes) is 1. The van der Waals surface area contributed by atoms with E-state index in [9.17, 15) is 0 Å². The van der Waals surface area contributed by atoms with Crippen molar-refractivity contribution in [1.82, 2.24) is 10.2 Å². The second kappa shape index (κ2) is 6.91. The van der Waals surface area contributed by atoms with Gasteiger partial charge in [0.1, 0.15) is 0 Å². The number of hydrogen-bond donors (Lipinski definition) is 1. The summed E-state index contributed by atoms with van der Waals surface area (Å²) in [4.78, 5) is 2.82. The molecule has 1 N–H and O–H groups in total. The summed E-state index contributed by atoms with van der Waals surface area (Å²) in [7, 11) is 0. The minimum absolute atomic E-state index is 0.684. The van der Waals surface area contributed by atoms with E-state index in [0.29, 0.717) is 6.04 Å². The molecule has 106 valence electrons. The molecule has 0 aromatic heterocycles. The second-order valence-corrected chi connectivity index (χ2v) is 6.58. The second-order valence-electron chi connectivity index (χ2n) is 6.58. The van der Waals surface area contributed by atoms with Gasteiger partial charge in [0.05, 0.1) is 0 Å². The maximum atomic E-state index is 3.68. The maximum absolute atomic E-state index is 3.68. The molecular weight excluding hydrogens is 220 g/mol. The molecule has 0 amide bonds. The van der Waals surface area contributed by atoms with Gasteiger partial charge in [0.2, 0.25) is 0 Å². The molecule has 0 spiro atoms. The highest BCUT2D eigenvalue weighted by molar-refractivity contribution is 4.94. The molecule has 1 heterocycles. The fourth-order valence-electron chi connectivity index (χ4n) is 3.41. The Hall–Kier alpha value is -0.0800. The van der Waals surface area contributed by atoms with Crippen molar-refractivity contribution >= 4 is 0 Å². The largest absolute Gasteiger partial charge is 0.311 e. The quantitative estimate of drug-likeness (QED) is 0.748. The molecule has 0 aromatic rings. The van der Waals surface area contributed by atoms with Crippen LogP contribution in [0.15, 0.2) is 0 Å². The molecule has 18 heavy (non-hydrogen) atoms. The Balaban J connectivity index is 1.86. The van der Waals surface area contributed by atoms with Gasteiger partial charge in [0, 0.05) is 31.7 Å². The van der Waals surface area contributed by atoms with Gasteiger partial charge >= 0.3 is 0 Å². The molecule has 0 radical (unpaired) electrons. The molecule has 1 saturated carbocycles. The van der Waals surface area contributed by atoms with E-state index in [2.05, 4.69) is 31.0 Å². The van der Waals surface area contributed by atoms with Crippen LogP contribution in [0.2, 0.25) is 0 Å². The van der Waals surface area contributed by atoms with Gasteiger partial charge in [-0.2, -0.15) is 0 Å². The normalized spacial score (nSPS) is 31.5. The van der Waals surface area contributed by atoms with Crippen LogP contribution >= 0.6 is 0 Å². The van der Waals surface area contributed by atoms with E-state index in [1.165, 1.54) is 58.2 Å². The Labute approximate surface area is 114 Å². The third-order valence-electron chi connectivity index (χ3n) is 4.85. The van der Waals surface area contributed by atoms with E-state index in [1.54, 1.807) is 0 Å². The maximum Gasteiger partial charge on any atom is 0.0249 e. The van der Waals surface area contributed by atoms with E-state index in [4.69, 9.17) is 0 Å². The van der Waals surface area contributed by atoms with E-state index in [-0.39, 0.29) is 0 Å². The average molecular weight is 252 g/mol. The molecule has 1 aliphatic heterocycles. The van der Waals surface area contributed by atoms with Crippen LogP contribution in [0.5, 0.6) is 0 Å². The number of hydrogen-bond acceptors (Lipinski definition) is 2. The number of piperazine rings is 1. The Bertz CT molecular complexity index is 237. The molecule has 0 aromatic carbocycles. The number of rotatable bonds is 7. The Morgan fingerprint density at radius 1 is 1.28 bits per heavy atom. The molecular formula is C16H32N2. The first-order valence-electron chi connectivity index (χ1n) is 8.22. The van der Waals surface area contributed by atoms with Crippen molar-refractivity contribution in [3.63, 3.8) is 0 Å². The molecule has 3 atom stereocenters. The first-order chi connectivity index (χ1) is 8.74. The fraction of sp³-hybridized carbons (Fsp3) is 1.00. The highest BCUT2D eigenvalue weighted by Crippen LogP contribution is 2.36. The van der Waals surface area contributed by atoms with Crippen LogP contribution in [-0.4, -0.2) is 36.6 Å². The lowest BCUT2D eigenvalue weighted by molar-refractivity contribution is 0.0966. The average Bonchev–Trinajstić information content (AvgIpc) is 3.19. The SMILES string of the molecule is CCCCC(CC)CN1CC(C)NCC1C1CC1. The Morgan fingerprint density at radius 2 is 2.06 bits per heavy atom. The van der Waals surface area contributed by atoms with Crippen molar-refractivity contribution in [2.45, 2.75) is 71.4 Å². The topological polar surface area (TPSA) is 15.3 Å². The zero-order chi connectivity index (χ0) is 13.0. The summed E-state index contributed by atoms with van der Waals surface area (Å²) in [6.07, 6.45) is 8.50. The molecule has 2 fully saturated rings. The number of nitrogens with one attached hydrogen (secondary N) is 1. The molecule has 2 nitrogen and oxygen atoms in total. The van der Waals surface area contributed by atoms with Gasteiger partial charge in [-0.1, -0.05) is 33.1 Å². The van der Waals surface area contributed by atoms with Crippen LogP contribution < -0.4 is 5.32 Å². The first kappa shape index (κ1) is 14.3.